The van der Waals surface area contributed by atoms with Crippen molar-refractivity contribution in [2.75, 3.05) is 19.7 Å². The summed E-state index contributed by atoms with van der Waals surface area (Å²) >= 11 is 0. The van der Waals surface area contributed by atoms with Crippen LogP contribution in [-0.4, -0.2) is 34.2 Å². The van der Waals surface area contributed by atoms with E-state index in [4.69, 9.17) is 5.73 Å². The van der Waals surface area contributed by atoms with Crippen LogP contribution in [-0.2, 0) is 14.9 Å². The minimum Gasteiger partial charge on any atom is -0.449 e. The van der Waals surface area contributed by atoms with Crippen molar-refractivity contribution >= 4 is 16.3 Å². The van der Waals surface area contributed by atoms with Crippen molar-refractivity contribution in [3.63, 3.8) is 0 Å². The molecule has 1 amide bonds. The highest BCUT2D eigenvalue weighted by Crippen LogP contribution is 1.82. The number of hydrogen-bond donors (Lipinski definition) is 3. The average Bonchev–Trinajstić information content (AvgIpc) is 2.03. The Morgan fingerprint density at radius 2 is 2.14 bits per heavy atom. The molecule has 0 aliphatic rings. The first kappa shape index (κ1) is 13.1. The minimum absolute atomic E-state index is 0.115. The molecule has 0 aliphatic heterocycles. The summed E-state index contributed by atoms with van der Waals surface area (Å²) in [6.45, 7) is 2.26. The number of carbonyl (C=O) groups excluding carboxylic acids is 1. The Balaban J connectivity index is 3.89. The highest BCUT2D eigenvalue weighted by Gasteiger charge is 2.13. The predicted octanol–water partition coefficient (Wildman–Crippen LogP) is -1.08. The lowest BCUT2D eigenvalue weighted by Crippen LogP contribution is -2.41. The second-order valence-corrected chi connectivity index (χ2v) is 3.86. The number of nitrogens with two attached hydrogens (primary N) is 1. The van der Waals surface area contributed by atoms with E-state index in [1.807, 2.05) is 0 Å². The van der Waals surface area contributed by atoms with Gasteiger partial charge in [-0.1, -0.05) is 0 Å². The maximum atomic E-state index is 11.0. The maximum Gasteiger partial charge on any atom is 0.421 e. The molecule has 0 atom stereocenters. The molecule has 0 aromatic heterocycles. The van der Waals surface area contributed by atoms with Gasteiger partial charge in [0.05, 0.1) is 6.61 Å². The monoisotopic (exact) mass is 225 g/mol. The van der Waals surface area contributed by atoms with Gasteiger partial charge in [-0.3, -0.25) is 0 Å². The van der Waals surface area contributed by atoms with Crippen molar-refractivity contribution in [1.82, 2.24) is 9.44 Å². The lowest BCUT2D eigenvalue weighted by atomic mass is 10.4. The van der Waals surface area contributed by atoms with Crippen LogP contribution in [0.25, 0.3) is 0 Å². The molecule has 0 rings (SSSR count). The Labute approximate surface area is 83.2 Å². The third kappa shape index (κ3) is 6.63. The van der Waals surface area contributed by atoms with Gasteiger partial charge in [0.2, 0.25) is 0 Å². The fourth-order valence-corrected chi connectivity index (χ4v) is 1.38. The first-order chi connectivity index (χ1) is 6.52. The number of ether oxygens (including phenoxy) is 1. The van der Waals surface area contributed by atoms with E-state index in [0.717, 1.165) is 0 Å². The Kier molecular flexibility index (Phi) is 6.17. The summed E-state index contributed by atoms with van der Waals surface area (Å²) in [6.07, 6.45) is -0.489. The smallest absolute Gasteiger partial charge is 0.421 e. The number of rotatable bonds is 6. The van der Waals surface area contributed by atoms with E-state index in [-0.39, 0.29) is 13.2 Å². The van der Waals surface area contributed by atoms with E-state index in [2.05, 4.69) is 9.46 Å². The molecule has 84 valence electrons. The molecule has 0 aliphatic carbocycles. The zero-order valence-corrected chi connectivity index (χ0v) is 8.76. The molecule has 14 heavy (non-hydrogen) atoms. The van der Waals surface area contributed by atoms with Crippen LogP contribution >= 0.6 is 0 Å². The Morgan fingerprint density at radius 3 is 2.64 bits per heavy atom. The largest absolute Gasteiger partial charge is 0.449 e. The summed E-state index contributed by atoms with van der Waals surface area (Å²) in [4.78, 5) is 10.7. The third-order valence-electron chi connectivity index (χ3n) is 1.17. The van der Waals surface area contributed by atoms with Crippen LogP contribution in [0.3, 0.4) is 0 Å². The van der Waals surface area contributed by atoms with Gasteiger partial charge in [-0.15, -0.1) is 0 Å². The number of nitrogens with one attached hydrogen (secondary N) is 2. The molecular weight excluding hydrogens is 210 g/mol. The van der Waals surface area contributed by atoms with E-state index >= 15 is 0 Å². The molecule has 0 aromatic carbocycles. The predicted molar refractivity (Wildman–Crippen MR) is 50.8 cm³/mol. The highest BCUT2D eigenvalue weighted by molar-refractivity contribution is 7.88. The van der Waals surface area contributed by atoms with Crippen LogP contribution < -0.4 is 15.2 Å². The summed E-state index contributed by atoms with van der Waals surface area (Å²) in [5.41, 5.74) is 5.16. The topological polar surface area (TPSA) is 111 Å². The van der Waals surface area contributed by atoms with Crippen molar-refractivity contribution in [3.8, 4) is 0 Å². The van der Waals surface area contributed by atoms with Crippen molar-refractivity contribution in [1.29, 1.82) is 0 Å². The molecule has 0 unspecified atom stereocenters. The first-order valence-corrected chi connectivity index (χ1v) is 5.64. The van der Waals surface area contributed by atoms with Gasteiger partial charge in [0.15, 0.2) is 0 Å². The number of hydrogen-bond acceptors (Lipinski definition) is 5. The molecule has 8 heteroatoms. The molecular formula is C6H15N3O4S. The highest BCUT2D eigenvalue weighted by atomic mass is 32.2. The maximum absolute atomic E-state index is 11.0. The van der Waals surface area contributed by atoms with E-state index in [0.29, 0.717) is 13.0 Å². The van der Waals surface area contributed by atoms with Crippen LogP contribution in [0.15, 0.2) is 0 Å². The molecule has 0 heterocycles. The number of amides is 1. The van der Waals surface area contributed by atoms with Crippen molar-refractivity contribution in [3.05, 3.63) is 0 Å². The van der Waals surface area contributed by atoms with Crippen molar-refractivity contribution in [2.24, 2.45) is 5.73 Å². The zero-order chi connectivity index (χ0) is 11.0. The van der Waals surface area contributed by atoms with Gasteiger partial charge in [-0.05, 0) is 19.9 Å². The Hall–Kier alpha value is -0.860. The summed E-state index contributed by atoms with van der Waals surface area (Å²) in [5, 5.41) is 0. The molecule has 4 N–H and O–H groups in total. The minimum atomic E-state index is -3.81. The van der Waals surface area contributed by atoms with Crippen LogP contribution in [0.1, 0.15) is 13.3 Å². The molecule has 0 radical (unpaired) electrons. The fraction of sp³-hybridized carbons (Fsp3) is 0.833. The van der Waals surface area contributed by atoms with Gasteiger partial charge in [-0.25, -0.2) is 9.52 Å². The normalized spacial score (nSPS) is 11.0. The van der Waals surface area contributed by atoms with Crippen LogP contribution in [0.4, 0.5) is 4.79 Å². The van der Waals surface area contributed by atoms with Crippen molar-refractivity contribution < 1.29 is 17.9 Å². The quantitative estimate of drug-likeness (QED) is 0.498. The fourth-order valence-electron chi connectivity index (χ4n) is 0.615. The molecule has 0 saturated heterocycles. The lowest BCUT2D eigenvalue weighted by Gasteiger charge is -2.07. The van der Waals surface area contributed by atoms with Gasteiger partial charge in [0.1, 0.15) is 0 Å². The van der Waals surface area contributed by atoms with E-state index in [1.54, 1.807) is 11.6 Å². The van der Waals surface area contributed by atoms with E-state index in [9.17, 15) is 13.2 Å². The van der Waals surface area contributed by atoms with Gasteiger partial charge in [0.25, 0.3) is 0 Å². The zero-order valence-electron chi connectivity index (χ0n) is 7.95. The SMILES string of the molecule is CCOC(=O)NS(=O)(=O)NCCCN. The summed E-state index contributed by atoms with van der Waals surface area (Å²) < 4.78 is 30.2. The van der Waals surface area contributed by atoms with Crippen LogP contribution in [0.5, 0.6) is 0 Å². The molecule has 0 aromatic rings. The Bertz CT molecular complexity index is 264. The van der Waals surface area contributed by atoms with Gasteiger partial charge >= 0.3 is 16.3 Å². The van der Waals surface area contributed by atoms with Crippen LogP contribution in [0, 0.1) is 0 Å². The summed E-state index contributed by atoms with van der Waals surface area (Å²) in [5.74, 6) is 0. The number of carbonyl (C=O) groups is 1. The van der Waals surface area contributed by atoms with E-state index < -0.39 is 16.3 Å². The lowest BCUT2D eigenvalue weighted by molar-refractivity contribution is 0.158. The molecule has 0 saturated carbocycles. The second kappa shape index (κ2) is 6.57. The van der Waals surface area contributed by atoms with Crippen molar-refractivity contribution in [2.45, 2.75) is 13.3 Å². The molecule has 7 nitrogen and oxygen atoms in total. The average molecular weight is 225 g/mol. The van der Waals surface area contributed by atoms with Gasteiger partial charge in [0, 0.05) is 6.54 Å². The molecule has 0 spiro atoms. The van der Waals surface area contributed by atoms with Gasteiger partial charge in [-0.2, -0.15) is 13.1 Å². The molecule has 0 bridgehead atoms. The van der Waals surface area contributed by atoms with Crippen LogP contribution in [0.2, 0.25) is 0 Å². The third-order valence-corrected chi connectivity index (χ3v) is 2.19. The first-order valence-electron chi connectivity index (χ1n) is 4.16. The summed E-state index contributed by atoms with van der Waals surface area (Å²) in [6, 6.07) is 0. The summed E-state index contributed by atoms with van der Waals surface area (Å²) in [7, 11) is -3.81. The standard InChI is InChI=1S/C6H15N3O4S/c1-2-13-6(10)9-14(11,12)8-5-3-4-7/h8H,2-5,7H2,1H3,(H,9,10). The Morgan fingerprint density at radius 1 is 1.50 bits per heavy atom. The van der Waals surface area contributed by atoms with E-state index in [1.165, 1.54) is 0 Å². The molecule has 0 fully saturated rings. The second-order valence-electron chi connectivity index (χ2n) is 2.36. The van der Waals surface area contributed by atoms with Gasteiger partial charge < -0.3 is 10.5 Å².